The smallest absolute Gasteiger partial charge is 0.431 e. The van der Waals surface area contributed by atoms with Gasteiger partial charge in [-0.3, -0.25) is 4.84 Å². The molecule has 14 heavy (non-hydrogen) atoms. The van der Waals surface area contributed by atoms with Gasteiger partial charge in [0, 0.05) is 0 Å². The largest absolute Gasteiger partial charge is 0.442 e. The summed E-state index contributed by atoms with van der Waals surface area (Å²) in [7, 11) is 0. The third-order valence-electron chi connectivity index (χ3n) is 1.19. The van der Waals surface area contributed by atoms with Crippen molar-refractivity contribution in [3.63, 3.8) is 0 Å². The van der Waals surface area contributed by atoms with Crippen molar-refractivity contribution in [3.8, 4) is 0 Å². The highest BCUT2D eigenvalue weighted by atomic mass is 16.7. The van der Waals surface area contributed by atoms with Crippen LogP contribution in [-0.4, -0.2) is 29.0 Å². The zero-order valence-corrected chi connectivity index (χ0v) is 9.38. The van der Waals surface area contributed by atoms with Crippen LogP contribution in [-0.2, 0) is 9.57 Å². The molecule has 84 valence electrons. The first-order valence-corrected chi connectivity index (χ1v) is 4.44. The van der Waals surface area contributed by atoms with Crippen molar-refractivity contribution < 1.29 is 19.5 Å². The number of carbonyl (C=O) groups is 1. The van der Waals surface area contributed by atoms with Gasteiger partial charge in [-0.2, -0.15) is 5.48 Å². The van der Waals surface area contributed by atoms with Crippen LogP contribution in [0.15, 0.2) is 0 Å². The van der Waals surface area contributed by atoms with Gasteiger partial charge >= 0.3 is 6.09 Å². The summed E-state index contributed by atoms with van der Waals surface area (Å²) in [4.78, 5) is 16.0. The Morgan fingerprint density at radius 3 is 2.14 bits per heavy atom. The molecule has 0 atom stereocenters. The first-order valence-electron chi connectivity index (χ1n) is 4.44. The fraction of sp³-hybridized carbons (Fsp3) is 0.889. The monoisotopic (exact) mass is 205 g/mol. The number of ether oxygens (including phenoxy) is 1. The molecule has 0 rings (SSSR count). The average Bonchev–Trinajstić information content (AvgIpc) is 1.98. The number of hydroxylamine groups is 1. The summed E-state index contributed by atoms with van der Waals surface area (Å²) in [5.74, 6) is 0. The van der Waals surface area contributed by atoms with Crippen molar-refractivity contribution in [1.82, 2.24) is 5.48 Å². The summed E-state index contributed by atoms with van der Waals surface area (Å²) in [5, 5.41) is 8.82. The molecule has 5 nitrogen and oxygen atoms in total. The SMILES string of the molecule is CC(C)(C)OC(=O)NOC(C)(C)CO. The third-order valence-corrected chi connectivity index (χ3v) is 1.19. The molecule has 0 saturated carbocycles. The predicted molar refractivity (Wildman–Crippen MR) is 51.6 cm³/mol. The molecule has 0 bridgehead atoms. The molecule has 0 aromatic rings. The Labute approximate surface area is 84.3 Å². The van der Waals surface area contributed by atoms with Crippen molar-refractivity contribution in [2.75, 3.05) is 6.61 Å². The maximum Gasteiger partial charge on any atom is 0.431 e. The van der Waals surface area contributed by atoms with Crippen LogP contribution in [0.3, 0.4) is 0 Å². The van der Waals surface area contributed by atoms with Gasteiger partial charge < -0.3 is 9.84 Å². The Balaban J connectivity index is 3.87. The molecule has 5 heteroatoms. The molecule has 0 aliphatic rings. The maximum atomic E-state index is 11.1. The maximum absolute atomic E-state index is 11.1. The van der Waals surface area contributed by atoms with Crippen molar-refractivity contribution >= 4 is 6.09 Å². The number of carbonyl (C=O) groups excluding carboxylic acids is 1. The van der Waals surface area contributed by atoms with Crippen molar-refractivity contribution in [1.29, 1.82) is 0 Å². The lowest BCUT2D eigenvalue weighted by Gasteiger charge is -2.24. The fourth-order valence-corrected chi connectivity index (χ4v) is 0.511. The summed E-state index contributed by atoms with van der Waals surface area (Å²) < 4.78 is 4.92. The van der Waals surface area contributed by atoms with Crippen LogP contribution in [0, 0.1) is 0 Å². The van der Waals surface area contributed by atoms with Gasteiger partial charge in [0.2, 0.25) is 0 Å². The van der Waals surface area contributed by atoms with Gasteiger partial charge in [-0.15, -0.1) is 0 Å². The van der Waals surface area contributed by atoms with Crippen LogP contribution < -0.4 is 5.48 Å². The van der Waals surface area contributed by atoms with E-state index < -0.39 is 17.3 Å². The number of rotatable bonds is 3. The first-order chi connectivity index (χ1) is 6.16. The molecule has 0 heterocycles. The number of amides is 1. The minimum absolute atomic E-state index is 0.192. The molecule has 0 aromatic heterocycles. The lowest BCUT2D eigenvalue weighted by Crippen LogP contribution is -2.40. The minimum Gasteiger partial charge on any atom is -0.442 e. The normalized spacial score (nSPS) is 12.4. The highest BCUT2D eigenvalue weighted by molar-refractivity contribution is 5.66. The number of nitrogens with one attached hydrogen (secondary N) is 1. The topological polar surface area (TPSA) is 67.8 Å². The molecule has 1 amide bonds. The molecule has 0 aromatic carbocycles. The Kier molecular flexibility index (Phi) is 4.35. The van der Waals surface area contributed by atoms with Crippen molar-refractivity contribution in [2.24, 2.45) is 0 Å². The quantitative estimate of drug-likeness (QED) is 0.680. The molecule has 0 aliphatic heterocycles. The highest BCUT2D eigenvalue weighted by Gasteiger charge is 2.21. The van der Waals surface area contributed by atoms with Gasteiger partial charge in [-0.25, -0.2) is 4.79 Å². The Morgan fingerprint density at radius 2 is 1.79 bits per heavy atom. The first kappa shape index (κ1) is 13.2. The molecular weight excluding hydrogens is 186 g/mol. The van der Waals surface area contributed by atoms with E-state index in [2.05, 4.69) is 5.48 Å². The van der Waals surface area contributed by atoms with Gasteiger partial charge in [-0.05, 0) is 34.6 Å². The van der Waals surface area contributed by atoms with E-state index in [-0.39, 0.29) is 6.61 Å². The van der Waals surface area contributed by atoms with E-state index >= 15 is 0 Å². The summed E-state index contributed by atoms with van der Waals surface area (Å²) in [6.07, 6.45) is -0.668. The standard InChI is InChI=1S/C9H19NO4/c1-8(2,3)13-7(12)10-14-9(4,5)6-11/h11H,6H2,1-5H3,(H,10,12). The van der Waals surface area contributed by atoms with Gasteiger partial charge in [0.05, 0.1) is 6.61 Å². The summed E-state index contributed by atoms with van der Waals surface area (Å²) >= 11 is 0. The molecule has 0 spiro atoms. The molecule has 0 radical (unpaired) electrons. The van der Waals surface area contributed by atoms with Crippen LogP contribution in [0.2, 0.25) is 0 Å². The van der Waals surface area contributed by atoms with Crippen LogP contribution in [0.4, 0.5) is 4.79 Å². The van der Waals surface area contributed by atoms with Crippen molar-refractivity contribution in [3.05, 3.63) is 0 Å². The minimum atomic E-state index is -0.809. The summed E-state index contributed by atoms with van der Waals surface area (Å²) in [6, 6.07) is 0. The van der Waals surface area contributed by atoms with E-state index in [1.807, 2.05) is 0 Å². The van der Waals surface area contributed by atoms with Gasteiger partial charge in [0.1, 0.15) is 11.2 Å². The van der Waals surface area contributed by atoms with Crippen LogP contribution in [0.5, 0.6) is 0 Å². The van der Waals surface area contributed by atoms with Crippen LogP contribution >= 0.6 is 0 Å². The number of aliphatic hydroxyl groups is 1. The third kappa shape index (κ3) is 6.68. The number of hydrogen-bond donors (Lipinski definition) is 2. The second kappa shape index (κ2) is 4.61. The van der Waals surface area contributed by atoms with Gasteiger partial charge in [0.25, 0.3) is 0 Å². The second-order valence-corrected chi connectivity index (χ2v) is 4.62. The van der Waals surface area contributed by atoms with Crippen LogP contribution in [0.25, 0.3) is 0 Å². The molecular formula is C9H19NO4. The van der Waals surface area contributed by atoms with Gasteiger partial charge in [-0.1, -0.05) is 0 Å². The number of aliphatic hydroxyl groups excluding tert-OH is 1. The van der Waals surface area contributed by atoms with E-state index in [0.717, 1.165) is 0 Å². The van der Waals surface area contributed by atoms with E-state index in [1.165, 1.54) is 0 Å². The average molecular weight is 205 g/mol. The second-order valence-electron chi connectivity index (χ2n) is 4.62. The Morgan fingerprint density at radius 1 is 1.29 bits per heavy atom. The van der Waals surface area contributed by atoms with Gasteiger partial charge in [0.15, 0.2) is 0 Å². The molecule has 2 N–H and O–H groups in total. The summed E-state index contributed by atoms with van der Waals surface area (Å²) in [6.45, 7) is 8.36. The molecule has 0 aliphatic carbocycles. The molecule has 0 saturated heterocycles. The van der Waals surface area contributed by atoms with Crippen molar-refractivity contribution in [2.45, 2.75) is 45.8 Å². The predicted octanol–water partition coefficient (Wildman–Crippen LogP) is 1.21. The zero-order valence-electron chi connectivity index (χ0n) is 9.38. The molecule has 0 unspecified atom stereocenters. The van der Waals surface area contributed by atoms with E-state index in [1.54, 1.807) is 34.6 Å². The van der Waals surface area contributed by atoms with E-state index in [9.17, 15) is 4.79 Å². The Bertz CT molecular complexity index is 195. The van der Waals surface area contributed by atoms with E-state index in [4.69, 9.17) is 14.7 Å². The molecule has 0 fully saturated rings. The highest BCUT2D eigenvalue weighted by Crippen LogP contribution is 2.08. The lowest BCUT2D eigenvalue weighted by atomic mass is 10.2. The van der Waals surface area contributed by atoms with Crippen LogP contribution in [0.1, 0.15) is 34.6 Å². The Hall–Kier alpha value is -0.810. The fourth-order valence-electron chi connectivity index (χ4n) is 0.511. The lowest BCUT2D eigenvalue weighted by molar-refractivity contribution is -0.108. The zero-order chi connectivity index (χ0) is 11.4. The van der Waals surface area contributed by atoms with E-state index in [0.29, 0.717) is 0 Å². The summed E-state index contributed by atoms with van der Waals surface area (Å²) in [5.41, 5.74) is 0.742. The number of hydrogen-bond acceptors (Lipinski definition) is 4.